The minimum absolute atomic E-state index is 0.260. The van der Waals surface area contributed by atoms with Crippen molar-refractivity contribution in [2.24, 2.45) is 0 Å². The largest absolute Gasteiger partial charge is 0.522 e. The molecule has 0 spiro atoms. The fraction of sp³-hybridized carbons (Fsp3) is 0.500. The molecular formula is C12H15F3O4. The second-order valence-electron chi connectivity index (χ2n) is 3.73. The molecule has 1 aromatic rings. The van der Waals surface area contributed by atoms with Gasteiger partial charge in [-0.05, 0) is 24.6 Å². The standard InChI is InChI=1S/C12H15F3O4/c1-8(16)9-3-4-10(11(7-9)17-2)18-5-6-19-12(13,14)15/h3-4,7-8,16H,5-6H2,1-2H3/t8-/m0/s1. The lowest BCUT2D eigenvalue weighted by Gasteiger charge is -2.13. The van der Waals surface area contributed by atoms with Gasteiger partial charge in [-0.2, -0.15) is 0 Å². The van der Waals surface area contributed by atoms with Crippen LogP contribution in [0.5, 0.6) is 11.5 Å². The Kier molecular flexibility index (Phi) is 5.44. The van der Waals surface area contributed by atoms with E-state index in [1.807, 2.05) is 0 Å². The lowest BCUT2D eigenvalue weighted by Crippen LogP contribution is -2.18. The third-order valence-electron chi connectivity index (χ3n) is 2.28. The number of aliphatic hydroxyl groups is 1. The molecule has 7 heteroatoms. The molecule has 0 bridgehead atoms. The molecule has 0 aliphatic heterocycles. The van der Waals surface area contributed by atoms with Gasteiger partial charge in [0.2, 0.25) is 0 Å². The van der Waals surface area contributed by atoms with Crippen LogP contribution in [0.15, 0.2) is 18.2 Å². The Labute approximate surface area is 108 Å². The van der Waals surface area contributed by atoms with Crippen LogP contribution in [0.3, 0.4) is 0 Å². The van der Waals surface area contributed by atoms with Gasteiger partial charge in [0.1, 0.15) is 6.61 Å². The molecule has 0 aromatic heterocycles. The van der Waals surface area contributed by atoms with Crippen molar-refractivity contribution in [1.82, 2.24) is 0 Å². The maximum absolute atomic E-state index is 11.7. The molecule has 0 fully saturated rings. The van der Waals surface area contributed by atoms with Gasteiger partial charge in [-0.3, -0.25) is 4.74 Å². The number of ether oxygens (including phenoxy) is 3. The summed E-state index contributed by atoms with van der Waals surface area (Å²) in [6.07, 6.45) is -5.33. The number of halogens is 3. The summed E-state index contributed by atoms with van der Waals surface area (Å²) < 4.78 is 49.0. The first-order chi connectivity index (χ1) is 8.83. The Morgan fingerprint density at radius 1 is 1.21 bits per heavy atom. The molecule has 0 amide bonds. The van der Waals surface area contributed by atoms with Gasteiger partial charge >= 0.3 is 6.36 Å². The molecule has 1 rings (SSSR count). The van der Waals surface area contributed by atoms with Gasteiger partial charge < -0.3 is 14.6 Å². The number of rotatable bonds is 6. The fourth-order valence-electron chi connectivity index (χ4n) is 1.37. The average molecular weight is 280 g/mol. The summed E-state index contributed by atoms with van der Waals surface area (Å²) in [7, 11) is 1.40. The summed E-state index contributed by atoms with van der Waals surface area (Å²) in [4.78, 5) is 0. The molecule has 0 aliphatic carbocycles. The monoisotopic (exact) mass is 280 g/mol. The highest BCUT2D eigenvalue weighted by atomic mass is 19.4. The fourth-order valence-corrected chi connectivity index (χ4v) is 1.37. The Bertz CT molecular complexity index is 404. The van der Waals surface area contributed by atoms with E-state index in [-0.39, 0.29) is 12.4 Å². The molecule has 4 nitrogen and oxygen atoms in total. The highest BCUT2D eigenvalue weighted by Gasteiger charge is 2.28. The smallest absolute Gasteiger partial charge is 0.493 e. The van der Waals surface area contributed by atoms with E-state index >= 15 is 0 Å². The van der Waals surface area contributed by atoms with Gasteiger partial charge in [0, 0.05) is 0 Å². The number of hydrogen-bond acceptors (Lipinski definition) is 4. The van der Waals surface area contributed by atoms with Crippen LogP contribution in [-0.2, 0) is 4.74 Å². The Morgan fingerprint density at radius 2 is 1.89 bits per heavy atom. The summed E-state index contributed by atoms with van der Waals surface area (Å²) in [5.74, 6) is 0.628. The first kappa shape index (κ1) is 15.6. The van der Waals surface area contributed by atoms with Crippen molar-refractivity contribution < 1.29 is 32.5 Å². The quantitative estimate of drug-likeness (QED) is 0.814. The highest BCUT2D eigenvalue weighted by molar-refractivity contribution is 5.43. The Hall–Kier alpha value is -1.47. The number of benzene rings is 1. The normalized spacial score (nSPS) is 13.2. The van der Waals surface area contributed by atoms with E-state index in [1.165, 1.54) is 13.2 Å². The number of aliphatic hydroxyl groups excluding tert-OH is 1. The second-order valence-corrected chi connectivity index (χ2v) is 3.73. The zero-order valence-corrected chi connectivity index (χ0v) is 10.5. The van der Waals surface area contributed by atoms with E-state index in [1.54, 1.807) is 19.1 Å². The molecule has 108 valence electrons. The average Bonchev–Trinajstić information content (AvgIpc) is 2.33. The molecule has 0 aliphatic rings. The first-order valence-electron chi connectivity index (χ1n) is 5.53. The van der Waals surface area contributed by atoms with Crippen molar-refractivity contribution in [2.75, 3.05) is 20.3 Å². The molecule has 19 heavy (non-hydrogen) atoms. The molecule has 1 N–H and O–H groups in total. The van der Waals surface area contributed by atoms with Crippen LogP contribution in [0.1, 0.15) is 18.6 Å². The van der Waals surface area contributed by atoms with E-state index < -0.39 is 19.1 Å². The van der Waals surface area contributed by atoms with Crippen molar-refractivity contribution in [3.05, 3.63) is 23.8 Å². The van der Waals surface area contributed by atoms with Crippen LogP contribution in [-0.4, -0.2) is 31.8 Å². The summed E-state index contributed by atoms with van der Waals surface area (Å²) in [5.41, 5.74) is 0.621. The molecule has 1 atom stereocenters. The SMILES string of the molecule is COc1cc([C@H](C)O)ccc1OCCOC(F)(F)F. The molecule has 1 aromatic carbocycles. The van der Waals surface area contributed by atoms with Crippen molar-refractivity contribution in [3.63, 3.8) is 0 Å². The van der Waals surface area contributed by atoms with Crippen LogP contribution in [0.25, 0.3) is 0 Å². The highest BCUT2D eigenvalue weighted by Crippen LogP contribution is 2.30. The summed E-state index contributed by atoms with van der Waals surface area (Å²) >= 11 is 0. The zero-order valence-electron chi connectivity index (χ0n) is 10.5. The lowest BCUT2D eigenvalue weighted by molar-refractivity contribution is -0.325. The van der Waals surface area contributed by atoms with Crippen molar-refractivity contribution in [1.29, 1.82) is 0 Å². The van der Waals surface area contributed by atoms with Crippen LogP contribution in [0, 0.1) is 0 Å². The van der Waals surface area contributed by atoms with Gasteiger partial charge in [-0.1, -0.05) is 6.07 Å². The third kappa shape index (κ3) is 5.35. The number of hydrogen-bond donors (Lipinski definition) is 1. The molecule has 0 unspecified atom stereocenters. The Balaban J connectivity index is 2.58. The molecule has 0 saturated heterocycles. The number of methoxy groups -OCH3 is 1. The van der Waals surface area contributed by atoms with E-state index in [4.69, 9.17) is 9.47 Å². The van der Waals surface area contributed by atoms with E-state index in [0.717, 1.165) is 0 Å². The van der Waals surface area contributed by atoms with Gasteiger partial charge in [0.05, 0.1) is 19.8 Å². The number of alkyl halides is 3. The summed E-state index contributed by atoms with van der Waals surface area (Å²) in [6.45, 7) is 0.723. The minimum Gasteiger partial charge on any atom is -0.493 e. The van der Waals surface area contributed by atoms with Crippen LogP contribution >= 0.6 is 0 Å². The van der Waals surface area contributed by atoms with E-state index in [2.05, 4.69) is 4.74 Å². The third-order valence-corrected chi connectivity index (χ3v) is 2.28. The lowest BCUT2D eigenvalue weighted by atomic mass is 10.1. The molecular weight excluding hydrogens is 265 g/mol. The van der Waals surface area contributed by atoms with Gasteiger partial charge in [0.15, 0.2) is 11.5 Å². The van der Waals surface area contributed by atoms with Gasteiger partial charge in [0.25, 0.3) is 0 Å². The minimum atomic E-state index is -4.66. The topological polar surface area (TPSA) is 47.9 Å². The maximum atomic E-state index is 11.7. The molecule has 0 radical (unpaired) electrons. The van der Waals surface area contributed by atoms with Crippen LogP contribution in [0.2, 0.25) is 0 Å². The summed E-state index contributed by atoms with van der Waals surface area (Å²) in [6, 6.07) is 4.69. The first-order valence-corrected chi connectivity index (χ1v) is 5.53. The van der Waals surface area contributed by atoms with Crippen molar-refractivity contribution in [3.8, 4) is 11.5 Å². The van der Waals surface area contributed by atoms with Crippen LogP contribution in [0.4, 0.5) is 13.2 Å². The predicted molar refractivity (Wildman–Crippen MR) is 61.1 cm³/mol. The van der Waals surface area contributed by atoms with Gasteiger partial charge in [-0.25, -0.2) is 0 Å². The predicted octanol–water partition coefficient (Wildman–Crippen LogP) is 2.66. The molecule has 0 saturated carbocycles. The zero-order chi connectivity index (χ0) is 14.5. The Morgan fingerprint density at radius 3 is 2.42 bits per heavy atom. The van der Waals surface area contributed by atoms with Crippen molar-refractivity contribution >= 4 is 0 Å². The van der Waals surface area contributed by atoms with Crippen molar-refractivity contribution in [2.45, 2.75) is 19.4 Å². The maximum Gasteiger partial charge on any atom is 0.522 e. The summed E-state index contributed by atoms with van der Waals surface area (Å²) in [5, 5.41) is 9.40. The van der Waals surface area contributed by atoms with E-state index in [9.17, 15) is 18.3 Å². The van der Waals surface area contributed by atoms with Gasteiger partial charge in [-0.15, -0.1) is 13.2 Å². The molecule has 0 heterocycles. The second kappa shape index (κ2) is 6.63. The van der Waals surface area contributed by atoms with E-state index in [0.29, 0.717) is 11.3 Å². The van der Waals surface area contributed by atoms with Crippen LogP contribution < -0.4 is 9.47 Å².